The molecule has 1 fully saturated rings. The Morgan fingerprint density at radius 2 is 2.19 bits per heavy atom. The number of amides is 1. The van der Waals surface area contributed by atoms with E-state index in [4.69, 9.17) is 4.74 Å². The topological polar surface area (TPSA) is 64.4 Å². The molecule has 0 radical (unpaired) electrons. The molecule has 2 atom stereocenters. The Balaban J connectivity index is 2.05. The maximum atomic E-state index is 13.5. The molecule has 1 aliphatic heterocycles. The number of hydrogen-bond donors (Lipinski definition) is 0. The van der Waals surface area contributed by atoms with Crippen molar-refractivity contribution in [2.45, 2.75) is 58.7 Å². The molecule has 2 aromatic rings. The van der Waals surface area contributed by atoms with Gasteiger partial charge in [-0.15, -0.1) is 0 Å². The quantitative estimate of drug-likeness (QED) is 0.809. The molecule has 6 nitrogen and oxygen atoms in total. The Morgan fingerprint density at radius 1 is 1.44 bits per heavy atom. The van der Waals surface area contributed by atoms with E-state index in [9.17, 15) is 9.59 Å². The van der Waals surface area contributed by atoms with E-state index in [1.165, 1.54) is 4.57 Å². The minimum absolute atomic E-state index is 0.0241. The number of pyridine rings is 2. The minimum atomic E-state index is -0.684. The lowest BCUT2D eigenvalue weighted by Gasteiger charge is -2.37. The van der Waals surface area contributed by atoms with Gasteiger partial charge in [-0.05, 0) is 50.3 Å². The Labute approximate surface area is 160 Å². The molecule has 3 heterocycles. The number of aromatic nitrogens is 2. The van der Waals surface area contributed by atoms with Crippen LogP contribution in [-0.2, 0) is 11.8 Å². The van der Waals surface area contributed by atoms with Crippen molar-refractivity contribution in [2.24, 2.45) is 13.0 Å². The average molecular weight is 371 g/mol. The van der Waals surface area contributed by atoms with Gasteiger partial charge in [0.2, 0.25) is 0 Å². The van der Waals surface area contributed by atoms with Crippen molar-refractivity contribution >= 4 is 16.9 Å². The van der Waals surface area contributed by atoms with Gasteiger partial charge in [-0.2, -0.15) is 0 Å². The number of nitrogens with zero attached hydrogens (tertiary/aromatic N) is 3. The highest BCUT2D eigenvalue weighted by atomic mass is 16.5. The summed E-state index contributed by atoms with van der Waals surface area (Å²) < 4.78 is 7.54. The van der Waals surface area contributed by atoms with Crippen LogP contribution in [0.4, 0.5) is 0 Å². The van der Waals surface area contributed by atoms with Crippen LogP contribution in [0.1, 0.15) is 57.3 Å². The van der Waals surface area contributed by atoms with E-state index in [0.29, 0.717) is 18.2 Å². The summed E-state index contributed by atoms with van der Waals surface area (Å²) in [6, 6.07) is 5.32. The summed E-state index contributed by atoms with van der Waals surface area (Å²) in [5.74, 6) is 0.264. The summed E-state index contributed by atoms with van der Waals surface area (Å²) >= 11 is 0. The highest BCUT2D eigenvalue weighted by Crippen LogP contribution is 2.35. The first-order chi connectivity index (χ1) is 12.8. The lowest BCUT2D eigenvalue weighted by Crippen LogP contribution is -2.51. The first kappa shape index (κ1) is 19.5. The number of ether oxygens (including phenoxy) is 1. The van der Waals surface area contributed by atoms with E-state index in [-0.39, 0.29) is 23.1 Å². The van der Waals surface area contributed by atoms with Gasteiger partial charge in [-0.3, -0.25) is 14.2 Å². The standard InChI is InChI=1S/C21H29N3O3/c1-6-16-13-27-21(4,10-9-14(2)3)24(16)20(26)17-12-15-8-7-11-22-18(15)23(5)19(17)25/h7-8,11-12,14,16H,6,9-10,13H2,1-5H3/t16-,21-/m0/s1. The van der Waals surface area contributed by atoms with E-state index in [0.717, 1.165) is 24.6 Å². The van der Waals surface area contributed by atoms with Gasteiger partial charge < -0.3 is 9.64 Å². The summed E-state index contributed by atoms with van der Waals surface area (Å²) in [6.45, 7) is 8.84. The van der Waals surface area contributed by atoms with Crippen molar-refractivity contribution in [3.05, 3.63) is 40.3 Å². The number of carbonyl (C=O) groups excluding carboxylic acids is 1. The summed E-state index contributed by atoms with van der Waals surface area (Å²) in [5, 5.41) is 0.778. The van der Waals surface area contributed by atoms with Crippen molar-refractivity contribution in [3.63, 3.8) is 0 Å². The molecule has 146 valence electrons. The van der Waals surface area contributed by atoms with Crippen LogP contribution in [-0.4, -0.2) is 38.7 Å². The van der Waals surface area contributed by atoms with E-state index < -0.39 is 5.72 Å². The van der Waals surface area contributed by atoms with E-state index >= 15 is 0 Å². The molecule has 1 aliphatic rings. The third kappa shape index (κ3) is 3.50. The van der Waals surface area contributed by atoms with Gasteiger partial charge in [0.05, 0.1) is 12.6 Å². The molecular formula is C21H29N3O3. The van der Waals surface area contributed by atoms with Crippen LogP contribution in [0.5, 0.6) is 0 Å². The predicted octanol–water partition coefficient (Wildman–Crippen LogP) is 3.34. The zero-order valence-electron chi connectivity index (χ0n) is 16.9. The van der Waals surface area contributed by atoms with Gasteiger partial charge in [-0.1, -0.05) is 20.8 Å². The van der Waals surface area contributed by atoms with Gasteiger partial charge in [0.1, 0.15) is 16.9 Å². The fraction of sp³-hybridized carbons (Fsp3) is 0.571. The molecule has 3 rings (SSSR count). The second-order valence-electron chi connectivity index (χ2n) is 7.99. The SMILES string of the molecule is CC[C@H]1CO[C@@](C)(CCC(C)C)N1C(=O)c1cc2cccnc2n(C)c1=O. The first-order valence-electron chi connectivity index (χ1n) is 9.71. The maximum absolute atomic E-state index is 13.5. The maximum Gasteiger partial charge on any atom is 0.264 e. The molecule has 0 saturated carbocycles. The Bertz CT molecular complexity index is 905. The van der Waals surface area contributed by atoms with Crippen LogP contribution in [0.2, 0.25) is 0 Å². The molecular weight excluding hydrogens is 342 g/mol. The summed E-state index contributed by atoms with van der Waals surface area (Å²) in [7, 11) is 1.66. The Hall–Kier alpha value is -2.21. The summed E-state index contributed by atoms with van der Waals surface area (Å²) in [6.07, 6.45) is 4.14. The smallest absolute Gasteiger partial charge is 0.264 e. The molecule has 0 bridgehead atoms. The van der Waals surface area contributed by atoms with Crippen LogP contribution in [0.3, 0.4) is 0 Å². The lowest BCUT2D eigenvalue weighted by atomic mass is 9.99. The number of rotatable bonds is 5. The van der Waals surface area contributed by atoms with Crippen LogP contribution < -0.4 is 5.56 Å². The van der Waals surface area contributed by atoms with Crippen LogP contribution in [0, 0.1) is 5.92 Å². The Kier molecular flexibility index (Phi) is 5.38. The number of fused-ring (bicyclic) bond motifs is 1. The molecule has 1 saturated heterocycles. The highest BCUT2D eigenvalue weighted by molar-refractivity contribution is 5.97. The fourth-order valence-electron chi connectivity index (χ4n) is 3.82. The molecule has 1 amide bonds. The van der Waals surface area contributed by atoms with Gasteiger partial charge in [0, 0.05) is 18.6 Å². The monoisotopic (exact) mass is 371 g/mol. The van der Waals surface area contributed by atoms with Crippen molar-refractivity contribution in [2.75, 3.05) is 6.61 Å². The Morgan fingerprint density at radius 3 is 2.85 bits per heavy atom. The largest absolute Gasteiger partial charge is 0.354 e. The molecule has 6 heteroatoms. The van der Waals surface area contributed by atoms with Gasteiger partial charge in [-0.25, -0.2) is 4.98 Å². The van der Waals surface area contributed by atoms with Crippen molar-refractivity contribution in [1.82, 2.24) is 14.5 Å². The van der Waals surface area contributed by atoms with Crippen molar-refractivity contribution in [1.29, 1.82) is 0 Å². The third-order valence-corrected chi connectivity index (χ3v) is 5.54. The third-order valence-electron chi connectivity index (χ3n) is 5.54. The molecule has 27 heavy (non-hydrogen) atoms. The first-order valence-corrected chi connectivity index (χ1v) is 9.71. The van der Waals surface area contributed by atoms with Gasteiger partial charge in [0.25, 0.3) is 11.5 Å². The molecule has 0 unspecified atom stereocenters. The predicted molar refractivity (Wildman–Crippen MR) is 106 cm³/mol. The van der Waals surface area contributed by atoms with E-state index in [2.05, 4.69) is 18.8 Å². The normalized spacial score (nSPS) is 22.7. The second kappa shape index (κ2) is 7.43. The molecule has 0 spiro atoms. The zero-order chi connectivity index (χ0) is 19.8. The summed E-state index contributed by atoms with van der Waals surface area (Å²) in [5.41, 5.74) is -0.250. The van der Waals surface area contributed by atoms with Crippen LogP contribution >= 0.6 is 0 Å². The summed E-state index contributed by atoms with van der Waals surface area (Å²) in [4.78, 5) is 32.5. The second-order valence-corrected chi connectivity index (χ2v) is 7.99. The molecule has 0 N–H and O–H groups in total. The van der Waals surface area contributed by atoms with Crippen molar-refractivity contribution in [3.8, 4) is 0 Å². The van der Waals surface area contributed by atoms with Gasteiger partial charge >= 0.3 is 0 Å². The molecule has 0 aliphatic carbocycles. The van der Waals surface area contributed by atoms with Crippen LogP contribution in [0.15, 0.2) is 29.2 Å². The van der Waals surface area contributed by atoms with Crippen molar-refractivity contribution < 1.29 is 9.53 Å². The van der Waals surface area contributed by atoms with E-state index in [1.54, 1.807) is 24.2 Å². The average Bonchev–Trinajstić information content (AvgIpc) is 2.99. The van der Waals surface area contributed by atoms with Crippen LogP contribution in [0.25, 0.3) is 11.0 Å². The number of aryl methyl sites for hydroxylation is 1. The molecule has 2 aromatic heterocycles. The van der Waals surface area contributed by atoms with E-state index in [1.807, 2.05) is 26.0 Å². The number of hydrogen-bond acceptors (Lipinski definition) is 4. The lowest BCUT2D eigenvalue weighted by molar-refractivity contribution is -0.0641. The zero-order valence-corrected chi connectivity index (χ0v) is 16.9. The van der Waals surface area contributed by atoms with Gasteiger partial charge in [0.15, 0.2) is 0 Å². The highest BCUT2D eigenvalue weighted by Gasteiger charge is 2.46. The molecule has 0 aromatic carbocycles. The number of carbonyl (C=O) groups is 1. The fourth-order valence-corrected chi connectivity index (χ4v) is 3.82. The minimum Gasteiger partial charge on any atom is -0.354 e.